The molecule has 0 fully saturated rings. The molecule has 1 amide bonds. The van der Waals surface area contributed by atoms with Gasteiger partial charge in [-0.15, -0.1) is 23.1 Å². The lowest BCUT2D eigenvalue weighted by atomic mass is 10.1. The molecule has 0 bridgehead atoms. The van der Waals surface area contributed by atoms with Crippen LogP contribution in [-0.4, -0.2) is 29.2 Å². The molecule has 0 saturated carbocycles. The Bertz CT molecular complexity index is 1030. The Morgan fingerprint density at radius 2 is 1.93 bits per heavy atom. The van der Waals surface area contributed by atoms with E-state index in [2.05, 4.69) is 16.4 Å². The average Bonchev–Trinajstić information content (AvgIpc) is 2.96. The number of carbonyl (C=O) groups excluding carboxylic acids is 2. The fourth-order valence-electron chi connectivity index (χ4n) is 2.60. The molecule has 0 aliphatic carbocycles. The second kappa shape index (κ2) is 10.1. The summed E-state index contributed by atoms with van der Waals surface area (Å²) in [7, 11) is 0. The Labute approximate surface area is 177 Å². The molecule has 29 heavy (non-hydrogen) atoms. The number of thioether (sulfide) groups is 1. The van der Waals surface area contributed by atoms with Crippen molar-refractivity contribution in [3.63, 3.8) is 0 Å². The van der Waals surface area contributed by atoms with Crippen LogP contribution in [0.3, 0.4) is 0 Å². The van der Waals surface area contributed by atoms with Gasteiger partial charge in [-0.1, -0.05) is 0 Å². The van der Waals surface area contributed by atoms with Crippen molar-refractivity contribution in [1.29, 1.82) is 10.5 Å². The van der Waals surface area contributed by atoms with E-state index in [9.17, 15) is 20.1 Å². The molecule has 0 atom stereocenters. The zero-order valence-corrected chi connectivity index (χ0v) is 18.2. The number of carbonyl (C=O) groups is 2. The molecule has 7 nitrogen and oxygen atoms in total. The number of aryl methyl sites for hydroxylation is 2. The summed E-state index contributed by atoms with van der Waals surface area (Å²) in [5.74, 6) is -0.367. The van der Waals surface area contributed by atoms with Crippen molar-refractivity contribution in [1.82, 2.24) is 4.98 Å². The van der Waals surface area contributed by atoms with Gasteiger partial charge in [-0.05, 0) is 44.9 Å². The van der Waals surface area contributed by atoms with Crippen molar-refractivity contribution in [3.05, 3.63) is 38.9 Å². The maximum atomic E-state index is 12.3. The van der Waals surface area contributed by atoms with Crippen LogP contribution in [0.4, 0.5) is 5.00 Å². The summed E-state index contributed by atoms with van der Waals surface area (Å²) in [6, 6.07) is 6.03. The minimum Gasteiger partial charge on any atom is -0.462 e. The third kappa shape index (κ3) is 5.35. The predicted octanol–water partition coefficient (Wildman–Crippen LogP) is 4.11. The number of anilines is 1. The van der Waals surface area contributed by atoms with E-state index in [1.165, 1.54) is 11.8 Å². The van der Waals surface area contributed by atoms with Crippen LogP contribution in [0.5, 0.6) is 0 Å². The van der Waals surface area contributed by atoms with Crippen LogP contribution >= 0.6 is 23.1 Å². The van der Waals surface area contributed by atoms with E-state index in [1.807, 2.05) is 26.0 Å². The number of aromatic nitrogens is 1. The van der Waals surface area contributed by atoms with Gasteiger partial charge in [0.05, 0.1) is 17.7 Å². The number of pyridine rings is 1. The summed E-state index contributed by atoms with van der Waals surface area (Å²) in [6.45, 7) is 7.30. The van der Waals surface area contributed by atoms with Gasteiger partial charge in [-0.2, -0.15) is 10.5 Å². The van der Waals surface area contributed by atoms with E-state index >= 15 is 0 Å². The van der Waals surface area contributed by atoms with E-state index in [1.54, 1.807) is 13.8 Å². The number of nitrogens with zero attached hydrogens (tertiary/aromatic N) is 3. The molecule has 0 spiro atoms. The molecule has 2 rings (SSSR count). The molecule has 2 heterocycles. The highest BCUT2D eigenvalue weighted by molar-refractivity contribution is 7.99. The molecule has 1 N–H and O–H groups in total. The Morgan fingerprint density at radius 1 is 1.24 bits per heavy atom. The Morgan fingerprint density at radius 3 is 2.55 bits per heavy atom. The lowest BCUT2D eigenvalue weighted by Gasteiger charge is -2.07. The van der Waals surface area contributed by atoms with Crippen molar-refractivity contribution in [2.75, 3.05) is 17.7 Å². The zero-order chi connectivity index (χ0) is 21.6. The first-order valence-electron chi connectivity index (χ1n) is 8.83. The van der Waals surface area contributed by atoms with Gasteiger partial charge in [0, 0.05) is 17.9 Å². The molecule has 0 radical (unpaired) electrons. The third-order valence-electron chi connectivity index (χ3n) is 3.96. The lowest BCUT2D eigenvalue weighted by Crippen LogP contribution is -2.12. The maximum absolute atomic E-state index is 12.3. The number of ether oxygens (including phenoxy) is 1. The standard InChI is InChI=1S/C20H20N4O3S2/c1-5-27-20(26)17-13(4)15(10-22)19(29-17)24-16(25)6-7-28-18-14(9-21)11(2)8-12(3)23-18/h8H,5-7H2,1-4H3,(H,24,25). The van der Waals surface area contributed by atoms with Gasteiger partial charge < -0.3 is 10.1 Å². The molecule has 2 aromatic rings. The van der Waals surface area contributed by atoms with Gasteiger partial charge in [-0.3, -0.25) is 4.79 Å². The topological polar surface area (TPSA) is 116 Å². The minimum atomic E-state index is -0.507. The first kappa shape index (κ1) is 22.4. The van der Waals surface area contributed by atoms with Crippen LogP contribution in [-0.2, 0) is 9.53 Å². The Hall–Kier alpha value is -2.88. The van der Waals surface area contributed by atoms with Crippen molar-refractivity contribution in [2.45, 2.75) is 39.1 Å². The number of hydrogen-bond donors (Lipinski definition) is 1. The fourth-order valence-corrected chi connectivity index (χ4v) is 4.71. The molecule has 0 saturated heterocycles. The van der Waals surface area contributed by atoms with Gasteiger partial charge in [-0.25, -0.2) is 9.78 Å². The predicted molar refractivity (Wildman–Crippen MR) is 112 cm³/mol. The first-order chi connectivity index (χ1) is 13.8. The quantitative estimate of drug-likeness (QED) is 0.521. The van der Waals surface area contributed by atoms with Crippen LogP contribution in [0.15, 0.2) is 11.1 Å². The molecule has 9 heteroatoms. The smallest absolute Gasteiger partial charge is 0.348 e. The van der Waals surface area contributed by atoms with Crippen LogP contribution < -0.4 is 5.32 Å². The molecule has 0 aromatic carbocycles. The number of nitriles is 2. The monoisotopic (exact) mass is 428 g/mol. The summed E-state index contributed by atoms with van der Waals surface area (Å²) in [6.07, 6.45) is 0.167. The van der Waals surface area contributed by atoms with Crippen molar-refractivity contribution < 1.29 is 14.3 Å². The fraction of sp³-hybridized carbons (Fsp3) is 0.350. The molecule has 0 aliphatic heterocycles. The Balaban J connectivity index is 2.06. The minimum absolute atomic E-state index is 0.167. The molecular weight excluding hydrogens is 408 g/mol. The highest BCUT2D eigenvalue weighted by Crippen LogP contribution is 2.33. The van der Waals surface area contributed by atoms with E-state index < -0.39 is 5.97 Å². The summed E-state index contributed by atoms with van der Waals surface area (Å²) in [5, 5.41) is 22.3. The third-order valence-corrected chi connectivity index (χ3v) is 6.13. The van der Waals surface area contributed by atoms with Crippen molar-refractivity contribution >= 4 is 40.0 Å². The van der Waals surface area contributed by atoms with Gasteiger partial charge in [0.1, 0.15) is 27.0 Å². The van der Waals surface area contributed by atoms with Crippen LogP contribution in [0.25, 0.3) is 0 Å². The summed E-state index contributed by atoms with van der Waals surface area (Å²) in [4.78, 5) is 29.0. The number of hydrogen-bond acceptors (Lipinski definition) is 8. The van der Waals surface area contributed by atoms with Gasteiger partial charge in [0.2, 0.25) is 5.91 Å². The second-order valence-electron chi connectivity index (χ2n) is 6.11. The molecule has 0 unspecified atom stereocenters. The molecule has 0 aliphatic rings. The summed E-state index contributed by atoms with van der Waals surface area (Å²) < 4.78 is 4.99. The van der Waals surface area contributed by atoms with Crippen LogP contribution in [0.2, 0.25) is 0 Å². The molecular formula is C20H20N4O3S2. The number of nitrogens with one attached hydrogen (secondary N) is 1. The number of rotatable bonds is 7. The maximum Gasteiger partial charge on any atom is 0.348 e. The molecule has 2 aromatic heterocycles. The first-order valence-corrected chi connectivity index (χ1v) is 10.6. The Kier molecular flexibility index (Phi) is 7.77. The van der Waals surface area contributed by atoms with Gasteiger partial charge in [0.25, 0.3) is 0 Å². The van der Waals surface area contributed by atoms with Gasteiger partial charge >= 0.3 is 5.97 Å². The van der Waals surface area contributed by atoms with E-state index in [-0.39, 0.29) is 24.5 Å². The van der Waals surface area contributed by atoms with E-state index in [0.29, 0.717) is 31.8 Å². The summed E-state index contributed by atoms with van der Waals surface area (Å²) >= 11 is 2.37. The second-order valence-corrected chi connectivity index (χ2v) is 8.22. The van der Waals surface area contributed by atoms with Crippen molar-refractivity contribution in [3.8, 4) is 12.1 Å². The van der Waals surface area contributed by atoms with E-state index in [4.69, 9.17) is 4.74 Å². The highest BCUT2D eigenvalue weighted by Gasteiger charge is 2.22. The highest BCUT2D eigenvalue weighted by atomic mass is 32.2. The van der Waals surface area contributed by atoms with Crippen LogP contribution in [0.1, 0.15) is 51.0 Å². The SMILES string of the molecule is CCOC(=O)c1sc(NC(=O)CCSc2nc(C)cc(C)c2C#N)c(C#N)c1C. The average molecular weight is 429 g/mol. The zero-order valence-electron chi connectivity index (χ0n) is 16.6. The number of esters is 1. The normalized spacial score (nSPS) is 10.1. The molecule has 150 valence electrons. The number of amides is 1. The van der Waals surface area contributed by atoms with Crippen LogP contribution in [0, 0.1) is 43.4 Å². The summed E-state index contributed by atoms with van der Waals surface area (Å²) in [5.41, 5.74) is 2.94. The van der Waals surface area contributed by atoms with E-state index in [0.717, 1.165) is 22.6 Å². The van der Waals surface area contributed by atoms with Gasteiger partial charge in [0.15, 0.2) is 0 Å². The van der Waals surface area contributed by atoms with Crippen molar-refractivity contribution in [2.24, 2.45) is 0 Å². The number of thiophene rings is 1. The largest absolute Gasteiger partial charge is 0.462 e. The lowest BCUT2D eigenvalue weighted by molar-refractivity contribution is -0.115.